The Kier molecular flexibility index (Phi) is 6.75. The van der Waals surface area contributed by atoms with Gasteiger partial charge in [0.25, 0.3) is 5.91 Å². The van der Waals surface area contributed by atoms with Gasteiger partial charge in [-0.3, -0.25) is 14.5 Å². The summed E-state index contributed by atoms with van der Waals surface area (Å²) in [5.41, 5.74) is 9.14. The summed E-state index contributed by atoms with van der Waals surface area (Å²) in [6, 6.07) is 2.75. The van der Waals surface area contributed by atoms with Crippen molar-refractivity contribution in [2.75, 3.05) is 18.1 Å². The van der Waals surface area contributed by atoms with E-state index in [9.17, 15) is 19.5 Å². The topological polar surface area (TPSA) is 169 Å². The number of β-lactam (4-membered cyclic amide) rings is 1. The summed E-state index contributed by atoms with van der Waals surface area (Å²) in [6.45, 7) is 0.448. The molecule has 2 atom stereocenters. The van der Waals surface area contributed by atoms with Gasteiger partial charge in [0.1, 0.15) is 22.1 Å². The first kappa shape index (κ1) is 23.8. The lowest BCUT2D eigenvalue weighted by molar-refractivity contribution is -0.150. The standard InChI is InChI=1S/C21H24N8O4S2/c22-8-12-4-2-1-3-11(12)7-15(30)23-17-19(31)28-18(21(32)33)13(10-35-20(17)28)9-34-16-6-5-14-24-26-27-29(14)25-16/h5-6,17,20H,1-4,7-10,22H2,(H,23,30)(H,32,33)/t17?,20-/m1/s1. The van der Waals surface area contributed by atoms with Crippen molar-refractivity contribution in [2.45, 2.75) is 48.5 Å². The second kappa shape index (κ2) is 9.95. The molecule has 2 amide bonds. The van der Waals surface area contributed by atoms with Crippen molar-refractivity contribution < 1.29 is 19.5 Å². The molecule has 5 rings (SSSR count). The first-order valence-electron chi connectivity index (χ1n) is 11.2. The third-order valence-corrected chi connectivity index (χ3v) is 8.68. The van der Waals surface area contributed by atoms with E-state index >= 15 is 0 Å². The van der Waals surface area contributed by atoms with Crippen LogP contribution in [0.5, 0.6) is 0 Å². The van der Waals surface area contributed by atoms with Crippen LogP contribution in [0.2, 0.25) is 0 Å². The van der Waals surface area contributed by atoms with E-state index in [2.05, 4.69) is 25.9 Å². The summed E-state index contributed by atoms with van der Waals surface area (Å²) in [6.07, 6.45) is 4.12. The zero-order valence-electron chi connectivity index (χ0n) is 18.7. The molecule has 2 aromatic rings. The highest BCUT2D eigenvalue weighted by molar-refractivity contribution is 8.01. The monoisotopic (exact) mass is 516 g/mol. The Morgan fingerprint density at radius 2 is 2.03 bits per heavy atom. The van der Waals surface area contributed by atoms with Crippen molar-refractivity contribution in [1.82, 2.24) is 35.5 Å². The Morgan fingerprint density at radius 1 is 1.23 bits per heavy atom. The molecule has 2 aromatic heterocycles. The maximum absolute atomic E-state index is 12.9. The highest BCUT2D eigenvalue weighted by Gasteiger charge is 2.54. The third kappa shape index (κ3) is 4.65. The molecule has 0 aromatic carbocycles. The lowest BCUT2D eigenvalue weighted by Crippen LogP contribution is -2.70. The number of amides is 2. The van der Waals surface area contributed by atoms with Crippen LogP contribution in [0, 0.1) is 0 Å². The van der Waals surface area contributed by atoms with Crippen LogP contribution >= 0.6 is 23.5 Å². The molecule has 1 fully saturated rings. The summed E-state index contributed by atoms with van der Waals surface area (Å²) < 4.78 is 1.30. The minimum atomic E-state index is -1.16. The Hall–Kier alpha value is -2.97. The predicted molar refractivity (Wildman–Crippen MR) is 128 cm³/mol. The van der Waals surface area contributed by atoms with Gasteiger partial charge in [-0.1, -0.05) is 11.1 Å². The second-order valence-corrected chi connectivity index (χ2v) is 10.6. The molecular formula is C21H24N8O4S2. The van der Waals surface area contributed by atoms with Gasteiger partial charge in [-0.05, 0) is 53.8 Å². The molecule has 0 saturated carbocycles. The van der Waals surface area contributed by atoms with E-state index in [1.165, 1.54) is 33.1 Å². The van der Waals surface area contributed by atoms with Crippen LogP contribution in [0.15, 0.2) is 39.6 Å². The molecule has 1 unspecified atom stereocenters. The average Bonchev–Trinajstić information content (AvgIpc) is 3.33. The molecule has 4 N–H and O–H groups in total. The molecule has 0 spiro atoms. The fourth-order valence-electron chi connectivity index (χ4n) is 4.57. The highest BCUT2D eigenvalue weighted by atomic mass is 32.2. The van der Waals surface area contributed by atoms with Crippen LogP contribution in [0.3, 0.4) is 0 Å². The number of tetrazole rings is 1. The van der Waals surface area contributed by atoms with Gasteiger partial charge in [0, 0.05) is 24.5 Å². The van der Waals surface area contributed by atoms with E-state index in [0.29, 0.717) is 34.3 Å². The van der Waals surface area contributed by atoms with E-state index in [-0.39, 0.29) is 18.0 Å². The lowest BCUT2D eigenvalue weighted by atomic mass is 9.89. The third-order valence-electron chi connectivity index (χ3n) is 6.33. The number of nitrogens with two attached hydrogens (primary N) is 1. The van der Waals surface area contributed by atoms with Crippen molar-refractivity contribution in [3.8, 4) is 0 Å². The van der Waals surface area contributed by atoms with Gasteiger partial charge in [0.05, 0.1) is 0 Å². The molecule has 184 valence electrons. The van der Waals surface area contributed by atoms with Gasteiger partial charge in [0.2, 0.25) is 5.91 Å². The van der Waals surface area contributed by atoms with Crippen LogP contribution in [-0.2, 0) is 14.4 Å². The van der Waals surface area contributed by atoms with Gasteiger partial charge in [-0.2, -0.15) is 0 Å². The minimum Gasteiger partial charge on any atom is -0.477 e. The molecule has 12 nitrogen and oxygen atoms in total. The largest absolute Gasteiger partial charge is 0.477 e. The number of nitrogens with zero attached hydrogens (tertiary/aromatic N) is 6. The van der Waals surface area contributed by atoms with E-state index in [4.69, 9.17) is 5.73 Å². The van der Waals surface area contributed by atoms with Gasteiger partial charge in [0.15, 0.2) is 5.65 Å². The van der Waals surface area contributed by atoms with Crippen LogP contribution in [0.25, 0.3) is 5.65 Å². The number of carboxylic acid groups (broad SMARTS) is 1. The predicted octanol–water partition coefficient (Wildman–Crippen LogP) is 0.569. The Labute approximate surface area is 208 Å². The first-order chi connectivity index (χ1) is 17.0. The number of carboxylic acids is 1. The van der Waals surface area contributed by atoms with Crippen molar-refractivity contribution >= 4 is 47.0 Å². The molecule has 0 bridgehead atoms. The SMILES string of the molecule is NCC1=C(CC(=O)NC2C(=O)N3C(C(=O)O)=C(CSc4ccc5nnnn5n4)CS[C@H]23)CCCC1. The normalized spacial score (nSPS) is 22.3. The second-order valence-electron chi connectivity index (χ2n) is 8.49. The maximum atomic E-state index is 12.9. The van der Waals surface area contributed by atoms with Gasteiger partial charge in [-0.15, -0.1) is 38.4 Å². The van der Waals surface area contributed by atoms with E-state index in [1.807, 2.05) is 0 Å². The molecule has 2 aliphatic heterocycles. The number of carbonyl (C=O) groups is 3. The first-order valence-corrected chi connectivity index (χ1v) is 13.3. The summed E-state index contributed by atoms with van der Waals surface area (Å²) >= 11 is 2.80. The zero-order chi connectivity index (χ0) is 24.5. The van der Waals surface area contributed by atoms with Crippen LogP contribution < -0.4 is 11.1 Å². The number of hydrogen-bond acceptors (Lipinski definition) is 10. The van der Waals surface area contributed by atoms with E-state index in [1.54, 1.807) is 12.1 Å². The molecule has 14 heteroatoms. The highest BCUT2D eigenvalue weighted by Crippen LogP contribution is 2.41. The summed E-state index contributed by atoms with van der Waals surface area (Å²) in [5, 5.41) is 28.3. The summed E-state index contributed by atoms with van der Waals surface area (Å²) in [5.74, 6) is -1.00. The fourth-order valence-corrected chi connectivity index (χ4v) is 6.91. The summed E-state index contributed by atoms with van der Waals surface area (Å²) in [7, 11) is 0. The number of carbonyl (C=O) groups excluding carboxylic acids is 2. The molecule has 1 saturated heterocycles. The number of nitrogens with one attached hydrogen (secondary N) is 1. The Balaban J connectivity index is 1.25. The number of rotatable bonds is 8. The number of hydrogen-bond donors (Lipinski definition) is 3. The molecule has 35 heavy (non-hydrogen) atoms. The van der Waals surface area contributed by atoms with Gasteiger partial charge >= 0.3 is 5.97 Å². The summed E-state index contributed by atoms with van der Waals surface area (Å²) in [4.78, 5) is 39.0. The fraction of sp³-hybridized carbons (Fsp3) is 0.476. The number of aromatic nitrogens is 5. The van der Waals surface area contributed by atoms with Crippen molar-refractivity contribution in [3.05, 3.63) is 34.5 Å². The van der Waals surface area contributed by atoms with Crippen molar-refractivity contribution in [1.29, 1.82) is 0 Å². The molecule has 3 aliphatic rings. The Morgan fingerprint density at radius 3 is 2.80 bits per heavy atom. The van der Waals surface area contributed by atoms with E-state index in [0.717, 1.165) is 36.8 Å². The maximum Gasteiger partial charge on any atom is 0.352 e. The quantitative estimate of drug-likeness (QED) is 0.255. The molecule has 0 radical (unpaired) electrons. The van der Waals surface area contributed by atoms with Gasteiger partial charge in [-0.25, -0.2) is 4.79 Å². The van der Waals surface area contributed by atoms with Crippen LogP contribution in [0.4, 0.5) is 0 Å². The van der Waals surface area contributed by atoms with E-state index < -0.39 is 23.3 Å². The van der Waals surface area contributed by atoms with Gasteiger partial charge < -0.3 is 16.2 Å². The average molecular weight is 517 g/mol. The van der Waals surface area contributed by atoms with Crippen molar-refractivity contribution in [2.24, 2.45) is 5.73 Å². The zero-order valence-corrected chi connectivity index (χ0v) is 20.3. The number of fused-ring (bicyclic) bond motifs is 2. The molecule has 1 aliphatic carbocycles. The van der Waals surface area contributed by atoms with Crippen LogP contribution in [0.1, 0.15) is 32.1 Å². The number of aliphatic carboxylic acids is 1. The molecular weight excluding hydrogens is 492 g/mol. The number of thioether (sulfide) groups is 2. The van der Waals surface area contributed by atoms with Crippen LogP contribution in [-0.4, -0.2) is 82.5 Å². The molecule has 4 heterocycles. The Bertz CT molecular complexity index is 1260. The lowest BCUT2D eigenvalue weighted by Gasteiger charge is -2.49. The smallest absolute Gasteiger partial charge is 0.352 e. The van der Waals surface area contributed by atoms with Crippen molar-refractivity contribution in [3.63, 3.8) is 0 Å². The minimum absolute atomic E-state index is 0.0133.